The molecule has 0 heterocycles. The molecule has 0 saturated carbocycles. The summed E-state index contributed by atoms with van der Waals surface area (Å²) in [7, 11) is 0. The summed E-state index contributed by atoms with van der Waals surface area (Å²) >= 11 is 0. The van der Waals surface area contributed by atoms with Gasteiger partial charge < -0.3 is 10.4 Å². The van der Waals surface area contributed by atoms with Crippen LogP contribution in [0.25, 0.3) is 0 Å². The molecule has 0 bridgehead atoms. The molecule has 0 saturated heterocycles. The Morgan fingerprint density at radius 1 is 1.53 bits per heavy atom. The molecule has 15 heavy (non-hydrogen) atoms. The van der Waals surface area contributed by atoms with Crippen molar-refractivity contribution in [2.24, 2.45) is 0 Å². The highest BCUT2D eigenvalue weighted by Crippen LogP contribution is 2.03. The molecule has 1 amide bonds. The van der Waals surface area contributed by atoms with Crippen LogP contribution in [0.2, 0.25) is 0 Å². The third-order valence-electron chi connectivity index (χ3n) is 1.65. The third-order valence-corrected chi connectivity index (χ3v) is 1.65. The Labute approximate surface area is 90.7 Å². The number of carboxylic acids is 1. The summed E-state index contributed by atoms with van der Waals surface area (Å²) in [5.74, 6) is -2.22. The molecule has 2 N–H and O–H groups in total. The van der Waals surface area contributed by atoms with Gasteiger partial charge >= 0.3 is 5.97 Å². The Morgan fingerprint density at radius 2 is 2.13 bits per heavy atom. The van der Waals surface area contributed by atoms with E-state index in [1.54, 1.807) is 30.3 Å². The predicted molar refractivity (Wildman–Crippen MR) is 55.4 cm³/mol. The summed E-state index contributed by atoms with van der Waals surface area (Å²) < 4.78 is 15.5. The van der Waals surface area contributed by atoms with Gasteiger partial charge in [-0.2, -0.15) is 0 Å². The number of hydrogen-bond donors (Lipinski definition) is 2. The van der Waals surface area contributed by atoms with E-state index in [9.17, 15) is 9.59 Å². The first-order chi connectivity index (χ1) is 7.88. The second kappa shape index (κ2) is 5.14. The highest BCUT2D eigenvalue weighted by molar-refractivity contribution is 5.82. The first-order valence-corrected chi connectivity index (χ1v) is 4.37. The lowest BCUT2D eigenvalue weighted by Gasteiger charge is -2.12. The fourth-order valence-electron chi connectivity index (χ4n) is 1.06. The number of carboxylic acid groups (broad SMARTS) is 1. The summed E-state index contributed by atoms with van der Waals surface area (Å²) in [6.45, 7) is 1.12. The number of aliphatic carboxylic acids is 1. The van der Waals surface area contributed by atoms with E-state index in [0.29, 0.717) is 5.56 Å². The van der Waals surface area contributed by atoms with Gasteiger partial charge in [0.15, 0.2) is 0 Å². The maximum absolute atomic E-state index is 11.0. The zero-order chi connectivity index (χ0) is 13.1. The number of benzene rings is 1. The minimum atomic E-state index is -2.38. The topological polar surface area (TPSA) is 66.4 Å². The van der Waals surface area contributed by atoms with E-state index >= 15 is 0 Å². The van der Waals surface area contributed by atoms with Gasteiger partial charge in [-0.05, 0) is 5.56 Å². The normalized spacial score (nSPS) is 17.9. The molecule has 80 valence electrons. The van der Waals surface area contributed by atoms with Crippen molar-refractivity contribution in [1.82, 2.24) is 5.32 Å². The fourth-order valence-corrected chi connectivity index (χ4v) is 1.06. The molecule has 1 rings (SSSR count). The molecular formula is C11H13NO3. The summed E-state index contributed by atoms with van der Waals surface area (Å²) in [5, 5.41) is 11.0. The molecule has 2 unspecified atom stereocenters. The van der Waals surface area contributed by atoms with E-state index in [0.717, 1.165) is 6.92 Å². The SMILES string of the molecule is [2H]C(c1ccccc1)C([2H])(NC(C)=O)[13C](=O)O. The Balaban J connectivity index is 3.07. The minimum Gasteiger partial charge on any atom is -0.480 e. The fraction of sp³-hybridized carbons (Fsp3) is 0.273. The van der Waals surface area contributed by atoms with Crippen molar-refractivity contribution < 1.29 is 17.4 Å². The number of rotatable bonds is 4. The lowest BCUT2D eigenvalue weighted by atomic mass is 10.1. The molecule has 0 spiro atoms. The standard InChI is InChI=1S/C11H13NO3/c1-8(13)12-10(11(14)15)7-9-5-3-2-4-6-9/h2-6,10H,7H2,1H3,(H,12,13)(H,14,15)/i7D,10D,11+1. The summed E-state index contributed by atoms with van der Waals surface area (Å²) in [4.78, 5) is 22.0. The quantitative estimate of drug-likeness (QED) is 0.723. The Bertz CT molecular complexity index is 424. The Kier molecular flexibility index (Phi) is 2.90. The highest BCUT2D eigenvalue weighted by atomic mass is 16.5. The van der Waals surface area contributed by atoms with Gasteiger partial charge in [0.2, 0.25) is 5.91 Å². The second-order valence-corrected chi connectivity index (χ2v) is 2.96. The first-order valence-electron chi connectivity index (χ1n) is 5.45. The van der Waals surface area contributed by atoms with Crippen LogP contribution in [0.4, 0.5) is 0 Å². The van der Waals surface area contributed by atoms with Crippen molar-refractivity contribution in [1.29, 1.82) is 0 Å². The van der Waals surface area contributed by atoms with Gasteiger partial charge in [-0.3, -0.25) is 4.79 Å². The Morgan fingerprint density at radius 3 is 2.60 bits per heavy atom. The molecule has 4 heteroatoms. The van der Waals surface area contributed by atoms with Gasteiger partial charge in [-0.25, -0.2) is 4.79 Å². The zero-order valence-corrected chi connectivity index (χ0v) is 8.23. The van der Waals surface area contributed by atoms with Gasteiger partial charge in [-0.1, -0.05) is 30.3 Å². The minimum absolute atomic E-state index is 0.360. The smallest absolute Gasteiger partial charge is 0.326 e. The van der Waals surface area contributed by atoms with Gasteiger partial charge in [0.05, 0.1) is 1.37 Å². The monoisotopic (exact) mass is 210 g/mol. The van der Waals surface area contributed by atoms with E-state index in [-0.39, 0.29) is 0 Å². The largest absolute Gasteiger partial charge is 0.480 e. The van der Waals surface area contributed by atoms with Crippen LogP contribution in [0, 0.1) is 0 Å². The van der Waals surface area contributed by atoms with Crippen molar-refractivity contribution >= 4 is 11.9 Å². The van der Waals surface area contributed by atoms with E-state index in [1.807, 2.05) is 5.32 Å². The lowest BCUT2D eigenvalue weighted by Crippen LogP contribution is -2.41. The van der Waals surface area contributed by atoms with Crippen LogP contribution in [0.1, 0.15) is 15.2 Å². The zero-order valence-electron chi connectivity index (χ0n) is 10.2. The van der Waals surface area contributed by atoms with Crippen LogP contribution in [-0.2, 0) is 16.0 Å². The van der Waals surface area contributed by atoms with Crippen molar-refractivity contribution in [3.05, 3.63) is 35.9 Å². The van der Waals surface area contributed by atoms with Crippen LogP contribution in [0.15, 0.2) is 30.3 Å². The highest BCUT2D eigenvalue weighted by Gasteiger charge is 2.18. The van der Waals surface area contributed by atoms with Gasteiger partial charge in [0, 0.05) is 14.7 Å². The van der Waals surface area contributed by atoms with Gasteiger partial charge in [0.25, 0.3) is 0 Å². The number of carbonyl (C=O) groups excluding carboxylic acids is 1. The number of carbonyl (C=O) groups is 2. The number of hydrogen-bond acceptors (Lipinski definition) is 2. The van der Waals surface area contributed by atoms with Crippen molar-refractivity contribution in [2.75, 3.05) is 0 Å². The van der Waals surface area contributed by atoms with Crippen molar-refractivity contribution in [2.45, 2.75) is 19.3 Å². The molecule has 0 radical (unpaired) electrons. The maximum Gasteiger partial charge on any atom is 0.326 e. The molecule has 0 aliphatic heterocycles. The maximum atomic E-state index is 11.0. The number of amides is 1. The van der Waals surface area contributed by atoms with E-state index in [1.165, 1.54) is 0 Å². The molecule has 0 aliphatic carbocycles. The van der Waals surface area contributed by atoms with Crippen molar-refractivity contribution in [3.63, 3.8) is 0 Å². The molecule has 0 fully saturated rings. The van der Waals surface area contributed by atoms with Gasteiger partial charge in [-0.15, -0.1) is 0 Å². The molecule has 0 aromatic heterocycles. The average Bonchev–Trinajstić information content (AvgIpc) is 2.28. The van der Waals surface area contributed by atoms with Crippen LogP contribution in [0.3, 0.4) is 0 Å². The summed E-state index contributed by atoms with van der Waals surface area (Å²) in [6, 6.07) is 5.73. The van der Waals surface area contributed by atoms with Crippen LogP contribution in [-0.4, -0.2) is 23.0 Å². The van der Waals surface area contributed by atoms with E-state index < -0.39 is 24.3 Å². The number of nitrogens with one attached hydrogen (secondary N) is 1. The van der Waals surface area contributed by atoms with Crippen LogP contribution < -0.4 is 5.32 Å². The molecule has 1 aromatic carbocycles. The summed E-state index contributed by atoms with van der Waals surface area (Å²) in [5.41, 5.74) is 0.360. The molecular weight excluding hydrogens is 195 g/mol. The summed E-state index contributed by atoms with van der Waals surface area (Å²) in [6.07, 6.45) is -1.40. The Hall–Kier alpha value is -1.84. The lowest BCUT2D eigenvalue weighted by molar-refractivity contribution is -0.141. The predicted octanol–water partition coefficient (Wildman–Crippen LogP) is 0.818. The van der Waals surface area contributed by atoms with Gasteiger partial charge in [0.1, 0.15) is 6.02 Å². The van der Waals surface area contributed by atoms with Crippen LogP contribution in [0.5, 0.6) is 0 Å². The van der Waals surface area contributed by atoms with E-state index in [4.69, 9.17) is 7.85 Å². The molecule has 2 atom stereocenters. The van der Waals surface area contributed by atoms with Crippen molar-refractivity contribution in [3.8, 4) is 0 Å². The van der Waals surface area contributed by atoms with E-state index in [2.05, 4.69) is 0 Å². The average molecular weight is 210 g/mol. The molecule has 4 nitrogen and oxygen atoms in total. The van der Waals surface area contributed by atoms with Crippen LogP contribution >= 0.6 is 0 Å². The second-order valence-electron chi connectivity index (χ2n) is 2.96. The first kappa shape index (κ1) is 8.47. The molecule has 1 aromatic rings. The third kappa shape index (κ3) is 3.81. The molecule has 0 aliphatic rings.